The second-order valence-corrected chi connectivity index (χ2v) is 9.55. The Kier molecular flexibility index (Phi) is 8.37. The van der Waals surface area contributed by atoms with Crippen LogP contribution in [-0.4, -0.2) is 53.6 Å². The van der Waals surface area contributed by atoms with Crippen molar-refractivity contribution in [2.45, 2.75) is 50.7 Å². The van der Waals surface area contributed by atoms with Gasteiger partial charge in [-0.05, 0) is 42.9 Å². The first-order chi connectivity index (χ1) is 15.7. The summed E-state index contributed by atoms with van der Waals surface area (Å²) >= 11 is 1.29. The van der Waals surface area contributed by atoms with Crippen molar-refractivity contribution in [3.8, 4) is 0 Å². The topological polar surface area (TPSA) is 66.8 Å². The van der Waals surface area contributed by atoms with E-state index >= 15 is 0 Å². The van der Waals surface area contributed by atoms with E-state index in [1.807, 2.05) is 37.3 Å². The summed E-state index contributed by atoms with van der Waals surface area (Å²) in [5, 5.41) is 10.5. The van der Waals surface area contributed by atoms with E-state index in [0.29, 0.717) is 24.1 Å². The van der Waals surface area contributed by atoms with E-state index in [0.717, 1.165) is 10.4 Å². The van der Waals surface area contributed by atoms with Crippen LogP contribution in [0, 0.1) is 5.92 Å². The molecule has 8 heteroatoms. The number of methoxy groups -OCH3 is 1. The highest BCUT2D eigenvalue weighted by atomic mass is 32.1. The monoisotopic (exact) mass is 477 g/mol. The van der Waals surface area contributed by atoms with E-state index < -0.39 is 36.4 Å². The van der Waals surface area contributed by atoms with Crippen molar-refractivity contribution in [1.29, 1.82) is 0 Å². The van der Waals surface area contributed by atoms with Gasteiger partial charge >= 0.3 is 11.9 Å². The number of ether oxygens (including phenoxy) is 1. The zero-order chi connectivity index (χ0) is 24.0. The molecule has 1 N–H and O–H groups in total. The van der Waals surface area contributed by atoms with Gasteiger partial charge in [0.25, 0.3) is 5.91 Å². The standard InChI is InChI=1S/C25H29F2NO4S/c1-17(15-18-7-4-3-5-8-18)21(29)12-10-19-16-25(26,27)24(31)28(19)14-6-9-20-11-13-22(33-20)23(30)32-2/h3-5,7-8,10-13,17,19,21,29H,6,9,14-16H2,1-2H3/t17-,19?,21-/m0/s1. The summed E-state index contributed by atoms with van der Waals surface area (Å²) in [5.41, 5.74) is 1.09. The Hall–Kier alpha value is -2.58. The number of hydrogen-bond acceptors (Lipinski definition) is 5. The Balaban J connectivity index is 1.58. The van der Waals surface area contributed by atoms with Gasteiger partial charge in [-0.15, -0.1) is 11.3 Å². The number of amides is 1. The molecule has 2 aromatic rings. The molecule has 1 saturated heterocycles. The second-order valence-electron chi connectivity index (χ2n) is 8.38. The van der Waals surface area contributed by atoms with Crippen LogP contribution in [0.4, 0.5) is 8.78 Å². The largest absolute Gasteiger partial charge is 0.465 e. The molecule has 1 aliphatic rings. The number of halogens is 2. The van der Waals surface area contributed by atoms with Crippen LogP contribution in [0.15, 0.2) is 54.6 Å². The minimum Gasteiger partial charge on any atom is -0.465 e. The third-order valence-electron chi connectivity index (χ3n) is 5.82. The summed E-state index contributed by atoms with van der Waals surface area (Å²) in [7, 11) is 1.31. The maximum Gasteiger partial charge on any atom is 0.348 e. The van der Waals surface area contributed by atoms with Gasteiger partial charge in [-0.2, -0.15) is 8.78 Å². The molecule has 1 amide bonds. The zero-order valence-electron chi connectivity index (χ0n) is 18.7. The maximum atomic E-state index is 14.2. The molecule has 2 heterocycles. The summed E-state index contributed by atoms with van der Waals surface area (Å²) in [4.78, 5) is 26.4. The van der Waals surface area contributed by atoms with Crippen LogP contribution in [0.25, 0.3) is 0 Å². The van der Waals surface area contributed by atoms with Crippen LogP contribution in [0.2, 0.25) is 0 Å². The first-order valence-corrected chi connectivity index (χ1v) is 11.8. The second kappa shape index (κ2) is 11.0. The minimum atomic E-state index is -3.41. The van der Waals surface area contributed by atoms with Gasteiger partial charge in [-0.25, -0.2) is 4.79 Å². The molecule has 1 aromatic heterocycles. The highest BCUT2D eigenvalue weighted by Crippen LogP contribution is 2.34. The summed E-state index contributed by atoms with van der Waals surface area (Å²) in [6.45, 7) is 2.07. The van der Waals surface area contributed by atoms with Gasteiger partial charge in [0.05, 0.1) is 19.3 Å². The van der Waals surface area contributed by atoms with E-state index in [2.05, 4.69) is 4.74 Å². The molecule has 3 atom stereocenters. The molecule has 0 bridgehead atoms. The number of carbonyl (C=O) groups is 2. The number of thiophene rings is 1. The van der Waals surface area contributed by atoms with Crippen molar-refractivity contribution in [2.75, 3.05) is 13.7 Å². The van der Waals surface area contributed by atoms with Crippen molar-refractivity contribution in [3.05, 3.63) is 69.9 Å². The van der Waals surface area contributed by atoms with Gasteiger partial charge in [0.2, 0.25) is 0 Å². The molecule has 5 nitrogen and oxygen atoms in total. The maximum absolute atomic E-state index is 14.2. The van der Waals surface area contributed by atoms with E-state index in [-0.39, 0.29) is 12.5 Å². The average molecular weight is 478 g/mol. The number of benzene rings is 1. The smallest absolute Gasteiger partial charge is 0.348 e. The first kappa shape index (κ1) is 25.1. The third-order valence-corrected chi connectivity index (χ3v) is 6.95. The summed E-state index contributed by atoms with van der Waals surface area (Å²) in [6.07, 6.45) is 3.37. The zero-order valence-corrected chi connectivity index (χ0v) is 19.6. The molecule has 3 rings (SSSR count). The molecular formula is C25H29F2NO4S. The van der Waals surface area contributed by atoms with Crippen molar-refractivity contribution in [3.63, 3.8) is 0 Å². The summed E-state index contributed by atoms with van der Waals surface area (Å²) < 4.78 is 33.0. The van der Waals surface area contributed by atoms with E-state index in [4.69, 9.17) is 0 Å². The van der Waals surface area contributed by atoms with Crippen LogP contribution < -0.4 is 0 Å². The van der Waals surface area contributed by atoms with Gasteiger partial charge in [0.1, 0.15) is 4.88 Å². The number of aliphatic hydroxyl groups is 1. The van der Waals surface area contributed by atoms with Gasteiger partial charge in [0, 0.05) is 17.8 Å². The van der Waals surface area contributed by atoms with Crippen molar-refractivity contribution in [1.82, 2.24) is 4.90 Å². The lowest BCUT2D eigenvalue weighted by molar-refractivity contribution is -0.148. The van der Waals surface area contributed by atoms with Gasteiger partial charge in [0.15, 0.2) is 0 Å². The number of aliphatic hydroxyl groups excluding tert-OH is 1. The van der Waals surface area contributed by atoms with Crippen LogP contribution >= 0.6 is 11.3 Å². The van der Waals surface area contributed by atoms with Gasteiger partial charge < -0.3 is 14.7 Å². The highest BCUT2D eigenvalue weighted by molar-refractivity contribution is 7.13. The summed E-state index contributed by atoms with van der Waals surface area (Å²) in [6, 6.07) is 12.5. The number of nitrogens with zero attached hydrogens (tertiary/aromatic N) is 1. The first-order valence-electron chi connectivity index (χ1n) is 11.0. The molecule has 0 saturated carbocycles. The number of hydrogen-bond donors (Lipinski definition) is 1. The van der Waals surface area contributed by atoms with Crippen LogP contribution in [-0.2, 0) is 22.4 Å². The van der Waals surface area contributed by atoms with Crippen LogP contribution in [0.1, 0.15) is 39.9 Å². The Labute approximate surface area is 196 Å². The number of rotatable bonds is 10. The molecule has 33 heavy (non-hydrogen) atoms. The molecule has 1 unspecified atom stereocenters. The third kappa shape index (κ3) is 6.48. The molecule has 0 aliphatic carbocycles. The fraction of sp³-hybridized carbons (Fsp3) is 0.440. The normalized spacial score (nSPS) is 19.7. The number of esters is 1. The predicted octanol–water partition coefficient (Wildman–Crippen LogP) is 4.50. The number of aryl methyl sites for hydroxylation is 1. The Morgan fingerprint density at radius 2 is 2.03 bits per heavy atom. The Bertz CT molecular complexity index is 976. The average Bonchev–Trinajstić information content (AvgIpc) is 3.35. The van der Waals surface area contributed by atoms with Crippen LogP contribution in [0.3, 0.4) is 0 Å². The van der Waals surface area contributed by atoms with Crippen molar-refractivity contribution in [2.24, 2.45) is 5.92 Å². The lowest BCUT2D eigenvalue weighted by atomic mass is 9.95. The summed E-state index contributed by atoms with van der Waals surface area (Å²) in [5.74, 6) is -5.09. The minimum absolute atomic E-state index is 0.0995. The molecule has 178 valence electrons. The number of alkyl halides is 2. The molecule has 1 aliphatic heterocycles. The van der Waals surface area contributed by atoms with Crippen LogP contribution in [0.5, 0.6) is 0 Å². The Morgan fingerprint density at radius 3 is 2.73 bits per heavy atom. The molecule has 0 radical (unpaired) electrons. The van der Waals surface area contributed by atoms with E-state index in [1.165, 1.54) is 35.5 Å². The fourth-order valence-electron chi connectivity index (χ4n) is 3.94. The van der Waals surface area contributed by atoms with Gasteiger partial charge in [-0.1, -0.05) is 49.4 Å². The molecule has 0 spiro atoms. The number of carbonyl (C=O) groups excluding carboxylic acids is 2. The molecule has 1 fully saturated rings. The van der Waals surface area contributed by atoms with Crippen molar-refractivity contribution < 1.29 is 28.2 Å². The predicted molar refractivity (Wildman–Crippen MR) is 124 cm³/mol. The lowest BCUT2D eigenvalue weighted by Gasteiger charge is -2.22. The van der Waals surface area contributed by atoms with E-state index in [1.54, 1.807) is 12.1 Å². The molecular weight excluding hydrogens is 448 g/mol. The van der Waals surface area contributed by atoms with Crippen molar-refractivity contribution >= 4 is 23.2 Å². The fourth-order valence-corrected chi connectivity index (χ4v) is 4.91. The molecule has 1 aromatic carbocycles. The van der Waals surface area contributed by atoms with E-state index in [9.17, 15) is 23.5 Å². The highest BCUT2D eigenvalue weighted by Gasteiger charge is 2.52. The quantitative estimate of drug-likeness (QED) is 0.404. The Morgan fingerprint density at radius 1 is 1.30 bits per heavy atom. The SMILES string of the molecule is COC(=O)c1ccc(CCCN2C(=O)C(F)(F)CC2C=C[C@H](O)[C@@H](C)Cc2ccccc2)s1. The number of likely N-dealkylation sites (tertiary alicyclic amines) is 1. The van der Waals surface area contributed by atoms with Gasteiger partial charge in [-0.3, -0.25) is 4.79 Å². The lowest BCUT2D eigenvalue weighted by Crippen LogP contribution is -2.37.